The maximum Gasteiger partial charge on any atom is 0.189 e. The second kappa shape index (κ2) is 6.61. The lowest BCUT2D eigenvalue weighted by Gasteiger charge is -2.05. The first-order valence-corrected chi connectivity index (χ1v) is 6.38. The van der Waals surface area contributed by atoms with Gasteiger partial charge in [-0.25, -0.2) is 0 Å². The van der Waals surface area contributed by atoms with Gasteiger partial charge in [-0.05, 0) is 30.4 Å². The summed E-state index contributed by atoms with van der Waals surface area (Å²) < 4.78 is 10.2. The second-order valence-electron chi connectivity index (χ2n) is 4.32. The fraction of sp³-hybridized carbons (Fsp3) is 0.118. The van der Waals surface area contributed by atoms with Gasteiger partial charge in [-0.1, -0.05) is 18.2 Å². The lowest BCUT2D eigenvalue weighted by Crippen LogP contribution is -1.96. The molecule has 0 fully saturated rings. The number of carbonyl (C=O) groups is 1. The van der Waals surface area contributed by atoms with Crippen LogP contribution in [0.15, 0.2) is 48.5 Å². The van der Waals surface area contributed by atoms with E-state index in [2.05, 4.69) is 0 Å². The van der Waals surface area contributed by atoms with E-state index in [1.54, 1.807) is 19.3 Å². The van der Waals surface area contributed by atoms with Crippen molar-refractivity contribution in [2.45, 2.75) is 0 Å². The Morgan fingerprint density at radius 1 is 1.10 bits per heavy atom. The van der Waals surface area contributed by atoms with Crippen LogP contribution in [0.3, 0.4) is 0 Å². The van der Waals surface area contributed by atoms with Crippen LogP contribution in [0.2, 0.25) is 0 Å². The molecule has 108 valence electrons. The van der Waals surface area contributed by atoms with Crippen molar-refractivity contribution in [2.75, 3.05) is 14.2 Å². The van der Waals surface area contributed by atoms with E-state index in [4.69, 9.17) is 9.47 Å². The number of ketones is 1. The highest BCUT2D eigenvalue weighted by molar-refractivity contribution is 6.08. The minimum atomic E-state index is -0.291. The summed E-state index contributed by atoms with van der Waals surface area (Å²) >= 11 is 0. The van der Waals surface area contributed by atoms with Crippen LogP contribution in [-0.2, 0) is 0 Å². The van der Waals surface area contributed by atoms with Crippen LogP contribution in [0.1, 0.15) is 15.9 Å². The molecule has 21 heavy (non-hydrogen) atoms. The van der Waals surface area contributed by atoms with E-state index in [1.165, 1.54) is 25.3 Å². The zero-order chi connectivity index (χ0) is 15.2. The number of carbonyl (C=O) groups excluding carboxylic acids is 1. The van der Waals surface area contributed by atoms with Gasteiger partial charge in [-0.2, -0.15) is 0 Å². The molecule has 0 saturated heterocycles. The third-order valence-electron chi connectivity index (χ3n) is 3.02. The third-order valence-corrected chi connectivity index (χ3v) is 3.02. The van der Waals surface area contributed by atoms with Gasteiger partial charge in [0.25, 0.3) is 0 Å². The van der Waals surface area contributed by atoms with E-state index in [0.29, 0.717) is 11.5 Å². The molecule has 0 aliphatic heterocycles. The standard InChI is InChI=1S/C17H16O4/c1-20-13-8-9-14(16(19)11-13)15(18)10-7-12-5-3-4-6-17(12)21-2/h3-11,19H,1-2H3/b10-7-. The normalized spacial score (nSPS) is 10.6. The lowest BCUT2D eigenvalue weighted by atomic mass is 10.1. The number of benzene rings is 2. The van der Waals surface area contributed by atoms with Crippen molar-refractivity contribution < 1.29 is 19.4 Å². The highest BCUT2D eigenvalue weighted by atomic mass is 16.5. The zero-order valence-electron chi connectivity index (χ0n) is 11.9. The average Bonchev–Trinajstić information content (AvgIpc) is 2.52. The van der Waals surface area contributed by atoms with Crippen molar-refractivity contribution in [3.05, 3.63) is 59.7 Å². The quantitative estimate of drug-likeness (QED) is 0.676. The van der Waals surface area contributed by atoms with Gasteiger partial charge in [-0.15, -0.1) is 0 Å². The molecule has 4 heteroatoms. The van der Waals surface area contributed by atoms with E-state index in [9.17, 15) is 9.90 Å². The molecule has 2 aromatic rings. The number of allylic oxidation sites excluding steroid dienone is 1. The molecule has 0 atom stereocenters. The first-order valence-electron chi connectivity index (χ1n) is 6.38. The SMILES string of the molecule is COc1ccc(C(=O)/C=C\c2ccccc2OC)c(O)c1. The second-order valence-corrected chi connectivity index (χ2v) is 4.32. The molecule has 2 aromatic carbocycles. The summed E-state index contributed by atoms with van der Waals surface area (Å²) in [5.74, 6) is 0.781. The molecule has 0 amide bonds. The van der Waals surface area contributed by atoms with Gasteiger partial charge in [-0.3, -0.25) is 4.79 Å². The molecule has 1 N–H and O–H groups in total. The van der Waals surface area contributed by atoms with Gasteiger partial charge in [0.15, 0.2) is 5.78 Å². The molecule has 4 nitrogen and oxygen atoms in total. The van der Waals surface area contributed by atoms with Crippen molar-refractivity contribution in [1.29, 1.82) is 0 Å². The Bertz CT molecular complexity index is 674. The van der Waals surface area contributed by atoms with Gasteiger partial charge in [0.1, 0.15) is 17.2 Å². The Morgan fingerprint density at radius 3 is 2.52 bits per heavy atom. The predicted molar refractivity (Wildman–Crippen MR) is 81.0 cm³/mol. The first kappa shape index (κ1) is 14.7. The van der Waals surface area contributed by atoms with Gasteiger partial charge in [0.05, 0.1) is 19.8 Å². The largest absolute Gasteiger partial charge is 0.507 e. The topological polar surface area (TPSA) is 55.8 Å². The summed E-state index contributed by atoms with van der Waals surface area (Å²) in [6, 6.07) is 11.9. The summed E-state index contributed by atoms with van der Waals surface area (Å²) in [6.07, 6.45) is 3.06. The van der Waals surface area contributed by atoms with Gasteiger partial charge >= 0.3 is 0 Å². The molecule has 0 heterocycles. The average molecular weight is 284 g/mol. The minimum Gasteiger partial charge on any atom is -0.507 e. The van der Waals surface area contributed by atoms with E-state index >= 15 is 0 Å². The van der Waals surface area contributed by atoms with E-state index in [-0.39, 0.29) is 17.1 Å². The number of ether oxygens (including phenoxy) is 2. The van der Waals surface area contributed by atoms with Crippen LogP contribution in [-0.4, -0.2) is 25.1 Å². The van der Waals surface area contributed by atoms with Crippen LogP contribution in [0, 0.1) is 0 Å². The van der Waals surface area contributed by atoms with Gasteiger partial charge in [0, 0.05) is 11.6 Å². The summed E-state index contributed by atoms with van der Waals surface area (Å²) in [5, 5.41) is 9.83. The summed E-state index contributed by atoms with van der Waals surface area (Å²) in [5.41, 5.74) is 1.02. The number of rotatable bonds is 5. The summed E-state index contributed by atoms with van der Waals surface area (Å²) in [7, 11) is 3.07. The number of phenols is 1. The highest BCUT2D eigenvalue weighted by Gasteiger charge is 2.09. The number of phenolic OH excluding ortho intramolecular Hbond substituents is 1. The van der Waals surface area contributed by atoms with Crippen molar-refractivity contribution in [2.24, 2.45) is 0 Å². The Kier molecular flexibility index (Phi) is 4.61. The number of hydrogen-bond donors (Lipinski definition) is 1. The van der Waals surface area contributed by atoms with Gasteiger partial charge in [0.2, 0.25) is 0 Å². The van der Waals surface area contributed by atoms with Gasteiger partial charge < -0.3 is 14.6 Å². The molecule has 0 aromatic heterocycles. The smallest absolute Gasteiger partial charge is 0.189 e. The maximum atomic E-state index is 12.1. The van der Waals surface area contributed by atoms with Crippen molar-refractivity contribution in [3.63, 3.8) is 0 Å². The Morgan fingerprint density at radius 2 is 1.86 bits per heavy atom. The van der Waals surface area contributed by atoms with E-state index in [1.807, 2.05) is 24.3 Å². The highest BCUT2D eigenvalue weighted by Crippen LogP contribution is 2.25. The number of para-hydroxylation sites is 1. The first-order chi connectivity index (χ1) is 10.2. The van der Waals surface area contributed by atoms with Crippen LogP contribution in [0.25, 0.3) is 6.08 Å². The molecule has 2 rings (SSSR count). The Balaban J connectivity index is 2.23. The van der Waals surface area contributed by atoms with Crippen LogP contribution < -0.4 is 9.47 Å². The number of aromatic hydroxyl groups is 1. The predicted octanol–water partition coefficient (Wildman–Crippen LogP) is 3.31. The molecule has 0 aliphatic rings. The molecular weight excluding hydrogens is 268 g/mol. The summed E-state index contributed by atoms with van der Waals surface area (Å²) in [6.45, 7) is 0. The monoisotopic (exact) mass is 284 g/mol. The molecule has 0 saturated carbocycles. The van der Waals surface area contributed by atoms with E-state index < -0.39 is 0 Å². The Labute approximate surface area is 123 Å². The van der Waals surface area contributed by atoms with E-state index in [0.717, 1.165) is 5.56 Å². The molecular formula is C17H16O4. The molecule has 0 bridgehead atoms. The molecule has 0 spiro atoms. The van der Waals surface area contributed by atoms with Crippen LogP contribution >= 0.6 is 0 Å². The minimum absolute atomic E-state index is 0.107. The van der Waals surface area contributed by atoms with Crippen molar-refractivity contribution >= 4 is 11.9 Å². The van der Waals surface area contributed by atoms with Crippen molar-refractivity contribution in [1.82, 2.24) is 0 Å². The van der Waals surface area contributed by atoms with Crippen LogP contribution in [0.5, 0.6) is 17.2 Å². The number of hydrogen-bond acceptors (Lipinski definition) is 4. The maximum absolute atomic E-state index is 12.1. The Hall–Kier alpha value is -2.75. The zero-order valence-corrected chi connectivity index (χ0v) is 11.9. The molecule has 0 unspecified atom stereocenters. The van der Waals surface area contributed by atoms with Crippen molar-refractivity contribution in [3.8, 4) is 17.2 Å². The van der Waals surface area contributed by atoms with Crippen LogP contribution in [0.4, 0.5) is 0 Å². The third kappa shape index (κ3) is 3.42. The fourth-order valence-electron chi connectivity index (χ4n) is 1.91. The number of methoxy groups -OCH3 is 2. The molecule has 0 aliphatic carbocycles. The lowest BCUT2D eigenvalue weighted by molar-refractivity contribution is 0.104. The molecule has 0 radical (unpaired) electrons. The fourth-order valence-corrected chi connectivity index (χ4v) is 1.91. The summed E-state index contributed by atoms with van der Waals surface area (Å²) in [4.78, 5) is 12.1.